The molecule has 3 rings (SSSR count). The molecule has 1 heterocycles. The number of fused-ring (bicyclic) bond motifs is 1. The summed E-state index contributed by atoms with van der Waals surface area (Å²) < 4.78 is 0. The number of thiazole rings is 1. The molecule has 1 aromatic carbocycles. The van der Waals surface area contributed by atoms with Crippen LogP contribution >= 0.6 is 11.3 Å². The van der Waals surface area contributed by atoms with Gasteiger partial charge in [-0.15, -0.1) is 11.3 Å². The van der Waals surface area contributed by atoms with Crippen molar-refractivity contribution in [3.05, 3.63) is 51.5 Å². The molecule has 0 fully saturated rings. The van der Waals surface area contributed by atoms with Gasteiger partial charge in [-0.3, -0.25) is 4.79 Å². The summed E-state index contributed by atoms with van der Waals surface area (Å²) in [5.41, 5.74) is 5.65. The minimum absolute atomic E-state index is 0.231. The highest BCUT2D eigenvalue weighted by Gasteiger charge is 2.26. The van der Waals surface area contributed by atoms with Crippen LogP contribution in [0.25, 0.3) is 0 Å². The van der Waals surface area contributed by atoms with Crippen molar-refractivity contribution in [2.75, 3.05) is 7.05 Å². The van der Waals surface area contributed by atoms with Crippen molar-refractivity contribution >= 4 is 17.2 Å². The number of aryl methyl sites for hydroxylation is 3. The molecule has 0 aliphatic heterocycles. The first-order valence-corrected chi connectivity index (χ1v) is 8.77. The SMILES string of the molecule is Cc1ncsc1CCC(=O)N(C)[C@@H]1CCCc2ccccc21. The van der Waals surface area contributed by atoms with E-state index in [0.717, 1.165) is 31.4 Å². The van der Waals surface area contributed by atoms with Crippen molar-refractivity contribution in [2.45, 2.75) is 45.1 Å². The van der Waals surface area contributed by atoms with Crippen LogP contribution in [0.2, 0.25) is 0 Å². The predicted molar refractivity (Wildman–Crippen MR) is 90.1 cm³/mol. The molecule has 4 heteroatoms. The second-order valence-corrected chi connectivity index (χ2v) is 6.91. The molecule has 0 unspecified atom stereocenters. The zero-order chi connectivity index (χ0) is 15.5. The smallest absolute Gasteiger partial charge is 0.223 e. The third kappa shape index (κ3) is 3.07. The van der Waals surface area contributed by atoms with Crippen molar-refractivity contribution in [3.63, 3.8) is 0 Å². The molecule has 116 valence electrons. The zero-order valence-corrected chi connectivity index (χ0v) is 14.0. The number of aromatic nitrogens is 1. The molecule has 3 nitrogen and oxygen atoms in total. The molecule has 0 N–H and O–H groups in total. The molecule has 0 radical (unpaired) electrons. The van der Waals surface area contributed by atoms with Crippen LogP contribution in [0.5, 0.6) is 0 Å². The van der Waals surface area contributed by atoms with Gasteiger partial charge in [-0.25, -0.2) is 4.98 Å². The van der Waals surface area contributed by atoms with E-state index in [1.54, 1.807) is 11.3 Å². The van der Waals surface area contributed by atoms with Gasteiger partial charge in [0.15, 0.2) is 0 Å². The number of hydrogen-bond donors (Lipinski definition) is 0. The maximum Gasteiger partial charge on any atom is 0.223 e. The standard InChI is InChI=1S/C18H22N2OS/c1-13-17(22-12-19-13)10-11-18(21)20(2)16-9-5-7-14-6-3-4-8-15(14)16/h3-4,6,8,12,16H,5,7,9-11H2,1-2H3/t16-/m1/s1. The van der Waals surface area contributed by atoms with Crippen LogP contribution in [-0.2, 0) is 17.6 Å². The number of benzene rings is 1. The van der Waals surface area contributed by atoms with E-state index < -0.39 is 0 Å². The van der Waals surface area contributed by atoms with E-state index in [-0.39, 0.29) is 11.9 Å². The van der Waals surface area contributed by atoms with Gasteiger partial charge < -0.3 is 4.90 Å². The fraction of sp³-hybridized carbons (Fsp3) is 0.444. The minimum Gasteiger partial charge on any atom is -0.339 e. The van der Waals surface area contributed by atoms with Gasteiger partial charge >= 0.3 is 0 Å². The molecule has 0 spiro atoms. The fourth-order valence-electron chi connectivity index (χ4n) is 3.27. The van der Waals surface area contributed by atoms with E-state index >= 15 is 0 Å². The molecule has 0 bridgehead atoms. The Balaban J connectivity index is 1.67. The van der Waals surface area contributed by atoms with E-state index in [1.165, 1.54) is 16.0 Å². The predicted octanol–water partition coefficient (Wildman–Crippen LogP) is 3.92. The Hall–Kier alpha value is -1.68. The largest absolute Gasteiger partial charge is 0.339 e. The van der Waals surface area contributed by atoms with Gasteiger partial charge in [0.25, 0.3) is 0 Å². The fourth-order valence-corrected chi connectivity index (χ4v) is 4.05. The highest BCUT2D eigenvalue weighted by molar-refractivity contribution is 7.09. The molecule has 1 atom stereocenters. The molecule has 0 saturated heterocycles. The van der Waals surface area contributed by atoms with Crippen LogP contribution in [0.3, 0.4) is 0 Å². The van der Waals surface area contributed by atoms with E-state index in [1.807, 2.05) is 24.4 Å². The van der Waals surface area contributed by atoms with Crippen LogP contribution in [0.4, 0.5) is 0 Å². The Labute approximate surface area is 136 Å². The number of carbonyl (C=O) groups is 1. The lowest BCUT2D eigenvalue weighted by atomic mass is 9.87. The second-order valence-electron chi connectivity index (χ2n) is 5.97. The van der Waals surface area contributed by atoms with Gasteiger partial charge in [0.1, 0.15) is 0 Å². The van der Waals surface area contributed by atoms with Gasteiger partial charge in [0.2, 0.25) is 5.91 Å². The van der Waals surface area contributed by atoms with Gasteiger partial charge in [-0.1, -0.05) is 24.3 Å². The first kappa shape index (κ1) is 15.2. The Kier molecular flexibility index (Phi) is 4.57. The van der Waals surface area contributed by atoms with Crippen LogP contribution in [-0.4, -0.2) is 22.8 Å². The Bertz CT molecular complexity index is 665. The van der Waals surface area contributed by atoms with Crippen LogP contribution in [0.1, 0.15) is 47.0 Å². The Morgan fingerprint density at radius 1 is 1.41 bits per heavy atom. The van der Waals surface area contributed by atoms with Crippen molar-refractivity contribution in [1.29, 1.82) is 0 Å². The Morgan fingerprint density at radius 3 is 3.00 bits per heavy atom. The summed E-state index contributed by atoms with van der Waals surface area (Å²) in [5, 5.41) is 0. The van der Waals surface area contributed by atoms with Crippen molar-refractivity contribution in [1.82, 2.24) is 9.88 Å². The van der Waals surface area contributed by atoms with E-state index in [9.17, 15) is 4.79 Å². The topological polar surface area (TPSA) is 33.2 Å². The number of amides is 1. The summed E-state index contributed by atoms with van der Waals surface area (Å²) in [6.07, 6.45) is 4.73. The molecule has 22 heavy (non-hydrogen) atoms. The molecular weight excluding hydrogens is 292 g/mol. The maximum absolute atomic E-state index is 12.6. The van der Waals surface area contributed by atoms with Gasteiger partial charge in [-0.2, -0.15) is 0 Å². The zero-order valence-electron chi connectivity index (χ0n) is 13.2. The maximum atomic E-state index is 12.6. The van der Waals surface area contributed by atoms with Gasteiger partial charge in [0, 0.05) is 18.3 Å². The van der Waals surface area contributed by atoms with Gasteiger partial charge in [-0.05, 0) is 43.7 Å². The van der Waals surface area contributed by atoms with Crippen LogP contribution in [0, 0.1) is 6.92 Å². The average Bonchev–Trinajstić information content (AvgIpc) is 2.96. The summed E-state index contributed by atoms with van der Waals surface area (Å²) >= 11 is 1.65. The molecular formula is C18H22N2OS. The van der Waals surface area contributed by atoms with Gasteiger partial charge in [0.05, 0.1) is 17.2 Å². The Morgan fingerprint density at radius 2 is 2.23 bits per heavy atom. The van der Waals surface area contributed by atoms with E-state index in [0.29, 0.717) is 6.42 Å². The molecule has 1 aliphatic carbocycles. The van der Waals surface area contributed by atoms with Crippen LogP contribution in [0.15, 0.2) is 29.8 Å². The summed E-state index contributed by atoms with van der Waals surface area (Å²) in [5.74, 6) is 0.231. The van der Waals surface area contributed by atoms with Crippen molar-refractivity contribution in [2.24, 2.45) is 0 Å². The second kappa shape index (κ2) is 6.61. The monoisotopic (exact) mass is 314 g/mol. The third-order valence-electron chi connectivity index (χ3n) is 4.61. The van der Waals surface area contributed by atoms with E-state index in [4.69, 9.17) is 0 Å². The number of nitrogens with zero attached hydrogens (tertiary/aromatic N) is 2. The summed E-state index contributed by atoms with van der Waals surface area (Å²) in [6.45, 7) is 2.01. The first-order valence-electron chi connectivity index (χ1n) is 7.89. The number of carbonyl (C=O) groups excluding carboxylic acids is 1. The third-order valence-corrected chi connectivity index (χ3v) is 5.60. The molecule has 2 aromatic rings. The molecule has 1 aliphatic rings. The highest BCUT2D eigenvalue weighted by atomic mass is 32.1. The molecule has 1 aromatic heterocycles. The lowest BCUT2D eigenvalue weighted by Crippen LogP contribution is -2.33. The molecule has 0 saturated carbocycles. The molecule has 1 amide bonds. The lowest BCUT2D eigenvalue weighted by molar-refractivity contribution is -0.132. The first-order chi connectivity index (χ1) is 10.7. The van der Waals surface area contributed by atoms with Crippen LogP contribution < -0.4 is 0 Å². The number of rotatable bonds is 4. The highest BCUT2D eigenvalue weighted by Crippen LogP contribution is 2.33. The summed E-state index contributed by atoms with van der Waals surface area (Å²) in [6, 6.07) is 8.78. The van der Waals surface area contributed by atoms with Crippen molar-refractivity contribution in [3.8, 4) is 0 Å². The van der Waals surface area contributed by atoms with E-state index in [2.05, 4.69) is 29.2 Å². The minimum atomic E-state index is 0.231. The normalized spacial score (nSPS) is 17.1. The quantitative estimate of drug-likeness (QED) is 0.857. The lowest BCUT2D eigenvalue weighted by Gasteiger charge is -2.33. The average molecular weight is 314 g/mol. The van der Waals surface area contributed by atoms with Crippen molar-refractivity contribution < 1.29 is 4.79 Å². The summed E-state index contributed by atoms with van der Waals surface area (Å²) in [7, 11) is 1.95. The number of hydrogen-bond acceptors (Lipinski definition) is 3. The summed E-state index contributed by atoms with van der Waals surface area (Å²) in [4.78, 5) is 20.0.